The number of hydrogen-bond acceptors (Lipinski definition) is 4. The number of carbonyl (C=O) groups is 1. The van der Waals surface area contributed by atoms with Gasteiger partial charge in [0, 0.05) is 24.0 Å². The highest BCUT2D eigenvalue weighted by Gasteiger charge is 2.22. The van der Waals surface area contributed by atoms with Gasteiger partial charge in [-0.3, -0.25) is 0 Å². The average Bonchev–Trinajstić information content (AvgIpc) is 3.38. The molecule has 1 aliphatic carbocycles. The molecule has 1 saturated carbocycles. The number of nitrogens with one attached hydrogen (secondary N) is 2. The van der Waals surface area contributed by atoms with Gasteiger partial charge in [-0.25, -0.2) is 4.79 Å². The molecule has 0 heterocycles. The number of esters is 1. The van der Waals surface area contributed by atoms with Crippen LogP contribution in [0.5, 0.6) is 0 Å². The molecule has 4 rings (SSSR count). The van der Waals surface area contributed by atoms with Crippen molar-refractivity contribution < 1.29 is 9.53 Å². The molecule has 0 aliphatic heterocycles. The summed E-state index contributed by atoms with van der Waals surface area (Å²) in [4.78, 5) is 13.0. The molecule has 0 amide bonds. The molecule has 0 saturated heterocycles. The first-order valence-corrected chi connectivity index (χ1v) is 12.9. The van der Waals surface area contributed by atoms with Gasteiger partial charge in [0.1, 0.15) is 0 Å². The van der Waals surface area contributed by atoms with E-state index in [9.17, 15) is 4.79 Å². The van der Waals surface area contributed by atoms with Crippen LogP contribution in [0, 0.1) is 13.8 Å². The van der Waals surface area contributed by atoms with E-state index in [1.165, 1.54) is 38.4 Å². The summed E-state index contributed by atoms with van der Waals surface area (Å²) >= 11 is 0. The predicted molar refractivity (Wildman–Crippen MR) is 152 cm³/mol. The number of hydrogen-bond donors (Lipinski definition) is 2. The van der Waals surface area contributed by atoms with Crippen molar-refractivity contribution in [2.45, 2.75) is 59.4 Å². The Morgan fingerprint density at radius 1 is 0.944 bits per heavy atom. The van der Waals surface area contributed by atoms with Crippen molar-refractivity contribution in [3.8, 4) is 22.3 Å². The van der Waals surface area contributed by atoms with E-state index >= 15 is 0 Å². The first kappa shape index (κ1) is 25.6. The normalized spacial score (nSPS) is 13.4. The molecule has 36 heavy (non-hydrogen) atoms. The van der Waals surface area contributed by atoms with E-state index in [2.05, 4.69) is 92.1 Å². The summed E-state index contributed by atoms with van der Waals surface area (Å²) in [6.07, 6.45) is 7.25. The topological polar surface area (TPSA) is 50.4 Å². The Morgan fingerprint density at radius 3 is 2.17 bits per heavy atom. The maximum atomic E-state index is 13.0. The summed E-state index contributed by atoms with van der Waals surface area (Å²) in [6.45, 7) is 9.09. The van der Waals surface area contributed by atoms with E-state index in [0.29, 0.717) is 11.6 Å². The summed E-state index contributed by atoms with van der Waals surface area (Å²) in [5.41, 5.74) is 10.2. The number of aryl methyl sites for hydroxylation is 1. The molecule has 2 N–H and O–H groups in total. The van der Waals surface area contributed by atoms with Crippen molar-refractivity contribution in [2.24, 2.45) is 0 Å². The van der Waals surface area contributed by atoms with Crippen molar-refractivity contribution in [3.05, 3.63) is 82.9 Å². The van der Waals surface area contributed by atoms with E-state index in [1.807, 2.05) is 6.92 Å². The van der Waals surface area contributed by atoms with Gasteiger partial charge in [-0.15, -0.1) is 0 Å². The lowest BCUT2D eigenvalue weighted by Crippen LogP contribution is -2.14. The molecule has 4 nitrogen and oxygen atoms in total. The van der Waals surface area contributed by atoms with Gasteiger partial charge in [0.2, 0.25) is 0 Å². The molecule has 1 aliphatic rings. The van der Waals surface area contributed by atoms with E-state index in [0.717, 1.165) is 51.3 Å². The minimum atomic E-state index is -0.305. The number of allylic oxidation sites excluding steroid dienone is 1. The summed E-state index contributed by atoms with van der Waals surface area (Å²) < 4.78 is 5.25. The van der Waals surface area contributed by atoms with Crippen LogP contribution in [0.1, 0.15) is 61.0 Å². The van der Waals surface area contributed by atoms with Crippen LogP contribution in [0.25, 0.3) is 22.3 Å². The molecular weight excluding hydrogens is 444 g/mol. The van der Waals surface area contributed by atoms with E-state index < -0.39 is 0 Å². The number of rotatable bonds is 8. The third-order valence-corrected chi connectivity index (χ3v) is 7.09. The van der Waals surface area contributed by atoms with Crippen LogP contribution in [0.2, 0.25) is 0 Å². The maximum Gasteiger partial charge on any atom is 0.338 e. The monoisotopic (exact) mass is 482 g/mol. The van der Waals surface area contributed by atoms with Gasteiger partial charge in [-0.1, -0.05) is 54.8 Å². The van der Waals surface area contributed by atoms with Gasteiger partial charge >= 0.3 is 5.97 Å². The molecule has 4 heteroatoms. The fourth-order valence-electron chi connectivity index (χ4n) is 5.12. The second-order valence-electron chi connectivity index (χ2n) is 10.1. The number of anilines is 2. The Morgan fingerprint density at radius 2 is 1.56 bits per heavy atom. The first-order chi connectivity index (χ1) is 17.4. The van der Waals surface area contributed by atoms with Crippen LogP contribution in [0.15, 0.2) is 66.2 Å². The molecule has 3 aromatic rings. The van der Waals surface area contributed by atoms with Crippen LogP contribution in [-0.4, -0.2) is 25.7 Å². The van der Waals surface area contributed by atoms with Crippen molar-refractivity contribution in [1.29, 1.82) is 0 Å². The number of carbonyl (C=O) groups excluding carboxylic acids is 1. The van der Waals surface area contributed by atoms with Gasteiger partial charge in [0.15, 0.2) is 0 Å². The van der Waals surface area contributed by atoms with Gasteiger partial charge in [0.25, 0.3) is 0 Å². The highest BCUT2D eigenvalue weighted by molar-refractivity contribution is 6.02. The van der Waals surface area contributed by atoms with Crippen LogP contribution in [0.3, 0.4) is 0 Å². The molecule has 0 spiro atoms. The minimum absolute atomic E-state index is 0.305. The quantitative estimate of drug-likeness (QED) is 0.251. The Bertz CT molecular complexity index is 1230. The summed E-state index contributed by atoms with van der Waals surface area (Å²) in [5, 5.41) is 7.07. The summed E-state index contributed by atoms with van der Waals surface area (Å²) in [6, 6.07) is 19.6. The lowest BCUT2D eigenvalue weighted by atomic mass is 9.86. The van der Waals surface area contributed by atoms with Gasteiger partial charge in [-0.2, -0.15) is 0 Å². The lowest BCUT2D eigenvalue weighted by Gasteiger charge is -2.19. The third kappa shape index (κ3) is 5.81. The molecule has 0 unspecified atom stereocenters. The highest BCUT2D eigenvalue weighted by Crippen LogP contribution is 2.37. The Hall–Kier alpha value is -3.53. The Kier molecular flexibility index (Phi) is 8.14. The Labute approximate surface area is 215 Å². The number of ether oxygens (including phenoxy) is 1. The third-order valence-electron chi connectivity index (χ3n) is 7.09. The van der Waals surface area contributed by atoms with Crippen molar-refractivity contribution in [3.63, 3.8) is 0 Å². The fourth-order valence-corrected chi connectivity index (χ4v) is 5.12. The zero-order chi connectivity index (χ0) is 25.7. The van der Waals surface area contributed by atoms with Crippen LogP contribution in [-0.2, 0) is 4.74 Å². The average molecular weight is 483 g/mol. The molecular formula is C32H38N2O2. The fraction of sp³-hybridized carbons (Fsp3) is 0.344. The lowest BCUT2D eigenvalue weighted by molar-refractivity contribution is 0.0600. The van der Waals surface area contributed by atoms with Gasteiger partial charge in [0.05, 0.1) is 12.7 Å². The van der Waals surface area contributed by atoms with Gasteiger partial charge < -0.3 is 15.4 Å². The van der Waals surface area contributed by atoms with E-state index in [1.54, 1.807) is 0 Å². The summed E-state index contributed by atoms with van der Waals surface area (Å²) in [7, 11) is 1.45. The summed E-state index contributed by atoms with van der Waals surface area (Å²) in [5.74, 6) is -0.305. The zero-order valence-corrected chi connectivity index (χ0v) is 22.2. The SMILES string of the molecule is COC(=O)c1c(C)c(-c2ccc(NCC=C(C)C)cc2)cc(C)c1-c1ccc(NC2CCCC2)cc1. The molecule has 188 valence electrons. The largest absolute Gasteiger partial charge is 0.465 e. The first-order valence-electron chi connectivity index (χ1n) is 12.9. The van der Waals surface area contributed by atoms with E-state index in [-0.39, 0.29) is 5.97 Å². The minimum Gasteiger partial charge on any atom is -0.465 e. The maximum absolute atomic E-state index is 13.0. The number of benzene rings is 3. The number of methoxy groups -OCH3 is 1. The Balaban J connectivity index is 1.66. The van der Waals surface area contributed by atoms with Crippen molar-refractivity contribution in [2.75, 3.05) is 24.3 Å². The molecule has 0 aromatic heterocycles. The molecule has 0 bridgehead atoms. The van der Waals surface area contributed by atoms with Gasteiger partial charge in [-0.05, 0) is 98.2 Å². The smallest absolute Gasteiger partial charge is 0.338 e. The second kappa shape index (κ2) is 11.5. The molecule has 1 fully saturated rings. The predicted octanol–water partition coefficient (Wildman–Crippen LogP) is 8.16. The van der Waals surface area contributed by atoms with E-state index in [4.69, 9.17) is 4.74 Å². The van der Waals surface area contributed by atoms with Crippen LogP contribution in [0.4, 0.5) is 11.4 Å². The molecule has 0 atom stereocenters. The van der Waals surface area contributed by atoms with Crippen LogP contribution < -0.4 is 10.6 Å². The highest BCUT2D eigenvalue weighted by atomic mass is 16.5. The van der Waals surface area contributed by atoms with Crippen molar-refractivity contribution >= 4 is 17.3 Å². The second-order valence-corrected chi connectivity index (χ2v) is 10.1. The molecule has 3 aromatic carbocycles. The molecule has 0 radical (unpaired) electrons. The standard InChI is InChI=1S/C32H38N2O2/c1-21(2)18-19-33-26-14-10-24(11-15-26)29-20-22(3)30(31(23(29)4)32(35)36-5)25-12-16-28(17-13-25)34-27-8-6-7-9-27/h10-18,20,27,33-34H,6-9,19H2,1-5H3. The zero-order valence-electron chi connectivity index (χ0n) is 22.2. The van der Waals surface area contributed by atoms with Crippen LogP contribution >= 0.6 is 0 Å². The van der Waals surface area contributed by atoms with Crippen molar-refractivity contribution in [1.82, 2.24) is 0 Å².